The molecule has 0 radical (unpaired) electrons. The number of nitrogens with zero attached hydrogens (tertiary/aromatic N) is 1. The third-order valence-corrected chi connectivity index (χ3v) is 0.158. The van der Waals surface area contributed by atoms with Crippen molar-refractivity contribution in [2.24, 2.45) is 5.14 Å². The van der Waals surface area contributed by atoms with Gasteiger partial charge in [-0.15, -0.1) is 0 Å². The van der Waals surface area contributed by atoms with Crippen molar-refractivity contribution < 1.29 is 52.8 Å². The quantitative estimate of drug-likeness (QED) is 0.210. The number of thiocyanates is 1. The van der Waals surface area contributed by atoms with Crippen LogP contribution in [-0.2, 0) is 0 Å². The van der Waals surface area contributed by atoms with Gasteiger partial charge in [0.15, 0.2) is 0 Å². The Morgan fingerprint density at radius 2 is 2.20 bits per heavy atom. The third kappa shape index (κ3) is 10.8. The molecule has 5 heavy (non-hydrogen) atoms. The zero-order chi connectivity index (χ0) is 3.41. The molecule has 0 aliphatic carbocycles. The van der Waals surface area contributed by atoms with E-state index in [4.69, 9.17) is 5.26 Å². The van der Waals surface area contributed by atoms with E-state index in [0.717, 1.165) is 0 Å². The van der Waals surface area contributed by atoms with Crippen LogP contribution in [0.5, 0.6) is 0 Å². The van der Waals surface area contributed by atoms with E-state index in [9.17, 15) is 0 Å². The summed E-state index contributed by atoms with van der Waals surface area (Å²) in [4.78, 5) is 0. The topological polar surface area (TPSA) is 49.8 Å². The van der Waals surface area contributed by atoms with Gasteiger partial charge in [0, 0.05) is 11.9 Å². The van der Waals surface area contributed by atoms with Gasteiger partial charge in [0.25, 0.3) is 0 Å². The minimum atomic E-state index is 0. The largest absolute Gasteiger partial charge is 1.00 e. The van der Waals surface area contributed by atoms with Gasteiger partial charge in [-0.2, -0.15) is 5.26 Å². The molecule has 24 valence electrons. The smallest absolute Gasteiger partial charge is 1.00 e. The molecule has 2 nitrogen and oxygen atoms in total. The second kappa shape index (κ2) is 9.06. The van der Waals surface area contributed by atoms with Crippen LogP contribution in [-0.4, -0.2) is 0 Å². The van der Waals surface area contributed by atoms with Gasteiger partial charge in [-0.3, -0.25) is 5.14 Å². The molecule has 0 atom stereocenters. The first kappa shape index (κ1) is 9.67. The van der Waals surface area contributed by atoms with Crippen LogP contribution in [0.3, 0.4) is 0 Å². The Bertz CT molecular complexity index is 43.3. The molecular weight excluding hydrogens is 111 g/mol. The first-order chi connectivity index (χ1) is 1.91. The molecule has 0 amide bonds. The van der Waals surface area contributed by atoms with Crippen LogP contribution in [0.4, 0.5) is 0 Å². The molecule has 4 heteroatoms. The summed E-state index contributed by atoms with van der Waals surface area (Å²) in [7, 11) is 0. The minimum absolute atomic E-state index is 0. The molecule has 0 spiro atoms. The van der Waals surface area contributed by atoms with Crippen LogP contribution in [0.1, 0.15) is 1.43 Å². The summed E-state index contributed by atoms with van der Waals surface area (Å²) in [6.07, 6.45) is 0. The summed E-state index contributed by atoms with van der Waals surface area (Å²) >= 11 is 0.662. The average molecular weight is 114 g/mol. The van der Waals surface area contributed by atoms with Crippen molar-refractivity contribution in [2.75, 3.05) is 0 Å². The first-order valence-electron chi connectivity index (χ1n) is 0.663. The SMILES string of the molecule is N#CSN.[H-].[K+]. The Hall–Kier alpha value is 1.44. The maximum Gasteiger partial charge on any atom is 1.00 e. The molecule has 0 saturated carbocycles. The van der Waals surface area contributed by atoms with E-state index < -0.39 is 0 Å². The van der Waals surface area contributed by atoms with E-state index in [1.54, 1.807) is 5.40 Å². The van der Waals surface area contributed by atoms with Crippen LogP contribution in [0, 0.1) is 10.7 Å². The van der Waals surface area contributed by atoms with Gasteiger partial charge in [-0.25, -0.2) is 0 Å². The first-order valence-corrected chi connectivity index (χ1v) is 1.54. The number of hydrogen-bond acceptors (Lipinski definition) is 3. The molecule has 0 fully saturated rings. The van der Waals surface area contributed by atoms with Crippen LogP contribution in [0.2, 0.25) is 0 Å². The minimum Gasteiger partial charge on any atom is -1.00 e. The Morgan fingerprint density at radius 3 is 2.20 bits per heavy atom. The van der Waals surface area contributed by atoms with Gasteiger partial charge >= 0.3 is 51.4 Å². The van der Waals surface area contributed by atoms with Crippen LogP contribution >= 0.6 is 11.9 Å². The molecule has 0 bridgehead atoms. The molecule has 0 aliphatic rings. The Balaban J connectivity index is -0.0000000450. The fourth-order valence-electron chi connectivity index (χ4n) is 0. The number of nitrogens with two attached hydrogens (primary N) is 1. The zero-order valence-corrected chi connectivity index (χ0v) is 6.87. The standard InChI is InChI=1S/CH2N2S.K.H/c2-1-4-3;;/h3H2;;/q;+1;-1. The maximum absolute atomic E-state index is 7.46. The molecule has 0 rings (SSSR count). The predicted octanol–water partition coefficient (Wildman–Crippen LogP) is -2.81. The van der Waals surface area contributed by atoms with Gasteiger partial charge < -0.3 is 1.43 Å². The third-order valence-electron chi connectivity index (χ3n) is 0.0527. The van der Waals surface area contributed by atoms with Crippen LogP contribution in [0.15, 0.2) is 0 Å². The van der Waals surface area contributed by atoms with Crippen molar-refractivity contribution in [1.29, 1.82) is 5.26 Å². The van der Waals surface area contributed by atoms with Gasteiger partial charge in [-0.05, 0) is 0 Å². The fraction of sp³-hybridized carbons (Fsp3) is 0. The fourth-order valence-corrected chi connectivity index (χ4v) is 0. The van der Waals surface area contributed by atoms with Gasteiger partial charge in [-0.1, -0.05) is 0 Å². The van der Waals surface area contributed by atoms with Crippen molar-refractivity contribution >= 4 is 11.9 Å². The van der Waals surface area contributed by atoms with Crippen molar-refractivity contribution in [3.8, 4) is 5.40 Å². The van der Waals surface area contributed by atoms with Crippen molar-refractivity contribution in [3.63, 3.8) is 0 Å². The second-order valence-corrected chi connectivity index (χ2v) is 0.627. The molecule has 0 unspecified atom stereocenters. The van der Waals surface area contributed by atoms with Crippen molar-refractivity contribution in [3.05, 3.63) is 0 Å². The molecule has 2 N–H and O–H groups in total. The zero-order valence-electron chi connectivity index (χ0n) is 3.93. The van der Waals surface area contributed by atoms with Crippen LogP contribution < -0.4 is 56.5 Å². The summed E-state index contributed by atoms with van der Waals surface area (Å²) in [5.41, 5.74) is 0. The summed E-state index contributed by atoms with van der Waals surface area (Å²) in [5.74, 6) is 0. The molecular formula is CH3KN2S. The van der Waals surface area contributed by atoms with Crippen LogP contribution in [0.25, 0.3) is 0 Å². The van der Waals surface area contributed by atoms with Crippen molar-refractivity contribution in [2.45, 2.75) is 0 Å². The monoisotopic (exact) mass is 114 g/mol. The van der Waals surface area contributed by atoms with E-state index in [-0.39, 0.29) is 52.8 Å². The normalized spacial score (nSPS) is 4.00. The van der Waals surface area contributed by atoms with E-state index >= 15 is 0 Å². The summed E-state index contributed by atoms with van der Waals surface area (Å²) in [6, 6.07) is 0. The average Bonchev–Trinajstić information content (AvgIpc) is 1.37. The van der Waals surface area contributed by atoms with Gasteiger partial charge in [0.2, 0.25) is 0 Å². The molecule has 0 aromatic rings. The number of nitriles is 1. The van der Waals surface area contributed by atoms with Crippen molar-refractivity contribution in [1.82, 2.24) is 0 Å². The summed E-state index contributed by atoms with van der Waals surface area (Å²) in [6.45, 7) is 0. The molecule has 0 saturated heterocycles. The number of hydrogen-bond donors (Lipinski definition) is 1. The summed E-state index contributed by atoms with van der Waals surface area (Å²) in [5, 5.41) is 13.7. The van der Waals surface area contributed by atoms with E-state index in [1.165, 1.54) is 0 Å². The Morgan fingerprint density at radius 1 is 2.00 bits per heavy atom. The second-order valence-electron chi connectivity index (χ2n) is 0.209. The van der Waals surface area contributed by atoms with Gasteiger partial charge in [0.1, 0.15) is 5.40 Å². The Kier molecular flexibility index (Phi) is 17.5. The molecule has 0 heterocycles. The molecule has 0 aliphatic heterocycles. The molecule has 0 aromatic carbocycles. The molecule has 0 aromatic heterocycles. The Labute approximate surface area is 79.1 Å². The van der Waals surface area contributed by atoms with E-state index in [2.05, 4.69) is 5.14 Å². The van der Waals surface area contributed by atoms with E-state index in [1.807, 2.05) is 0 Å². The van der Waals surface area contributed by atoms with Gasteiger partial charge in [0.05, 0.1) is 0 Å². The predicted molar refractivity (Wildman–Crippen MR) is 18.5 cm³/mol. The number of rotatable bonds is 0. The maximum atomic E-state index is 7.46. The van der Waals surface area contributed by atoms with E-state index in [0.29, 0.717) is 11.9 Å². The summed E-state index contributed by atoms with van der Waals surface area (Å²) < 4.78 is 0.